The SMILES string of the molecule is CC1C=CC=C(C(=O)Cn2cccc2C(=O)O)C=C1. The molecule has 1 aliphatic rings. The van der Waals surface area contributed by atoms with Gasteiger partial charge in [0.15, 0.2) is 5.78 Å². The maximum atomic E-state index is 12.1. The molecule has 2 rings (SSSR count). The van der Waals surface area contributed by atoms with Crippen molar-refractivity contribution in [3.63, 3.8) is 0 Å². The van der Waals surface area contributed by atoms with Gasteiger partial charge in [-0.1, -0.05) is 37.3 Å². The van der Waals surface area contributed by atoms with Crippen LogP contribution in [-0.2, 0) is 11.3 Å². The number of allylic oxidation sites excluding steroid dienone is 6. The first-order chi connectivity index (χ1) is 9.08. The summed E-state index contributed by atoms with van der Waals surface area (Å²) in [5.74, 6) is -0.840. The Morgan fingerprint density at radius 2 is 2.16 bits per heavy atom. The molecular formula is C15H15NO3. The zero-order valence-electron chi connectivity index (χ0n) is 10.6. The van der Waals surface area contributed by atoms with Gasteiger partial charge in [0.1, 0.15) is 5.69 Å². The van der Waals surface area contributed by atoms with E-state index in [1.807, 2.05) is 25.2 Å². The van der Waals surface area contributed by atoms with Gasteiger partial charge in [0.25, 0.3) is 0 Å². The average molecular weight is 257 g/mol. The summed E-state index contributed by atoms with van der Waals surface area (Å²) in [6.45, 7) is 2.07. The van der Waals surface area contributed by atoms with E-state index in [-0.39, 0.29) is 18.0 Å². The molecule has 1 aromatic heterocycles. The summed E-state index contributed by atoms with van der Waals surface area (Å²) in [5.41, 5.74) is 0.709. The molecule has 0 amide bonds. The Hall–Kier alpha value is -2.36. The van der Waals surface area contributed by atoms with Crippen LogP contribution in [0.25, 0.3) is 0 Å². The van der Waals surface area contributed by atoms with Crippen LogP contribution in [0.3, 0.4) is 0 Å². The summed E-state index contributed by atoms with van der Waals surface area (Å²) in [7, 11) is 0. The molecule has 1 aromatic rings. The molecule has 0 spiro atoms. The molecule has 0 saturated heterocycles. The molecule has 1 N–H and O–H groups in total. The van der Waals surface area contributed by atoms with Gasteiger partial charge in [0.2, 0.25) is 0 Å². The average Bonchev–Trinajstić information content (AvgIpc) is 2.70. The minimum absolute atomic E-state index is 0.0347. The zero-order valence-corrected chi connectivity index (χ0v) is 10.6. The third kappa shape index (κ3) is 3.10. The second-order valence-corrected chi connectivity index (χ2v) is 4.47. The third-order valence-corrected chi connectivity index (χ3v) is 2.95. The predicted octanol–water partition coefficient (Wildman–Crippen LogP) is 2.44. The fraction of sp³-hybridized carbons (Fsp3) is 0.200. The van der Waals surface area contributed by atoms with Crippen molar-refractivity contribution in [2.24, 2.45) is 5.92 Å². The maximum absolute atomic E-state index is 12.1. The highest BCUT2D eigenvalue weighted by atomic mass is 16.4. The van der Waals surface area contributed by atoms with E-state index in [1.54, 1.807) is 24.4 Å². The third-order valence-electron chi connectivity index (χ3n) is 2.95. The lowest BCUT2D eigenvalue weighted by molar-refractivity contribution is -0.115. The first-order valence-electron chi connectivity index (χ1n) is 6.06. The molecule has 98 valence electrons. The highest BCUT2D eigenvalue weighted by Gasteiger charge is 2.13. The van der Waals surface area contributed by atoms with E-state index >= 15 is 0 Å². The summed E-state index contributed by atoms with van der Waals surface area (Å²) < 4.78 is 1.44. The summed E-state index contributed by atoms with van der Waals surface area (Å²) in [6.07, 6.45) is 10.9. The fourth-order valence-corrected chi connectivity index (χ4v) is 1.89. The van der Waals surface area contributed by atoms with Crippen molar-refractivity contribution >= 4 is 11.8 Å². The fourth-order valence-electron chi connectivity index (χ4n) is 1.89. The maximum Gasteiger partial charge on any atom is 0.352 e. The number of rotatable bonds is 4. The van der Waals surface area contributed by atoms with Crippen LogP contribution in [0.15, 0.2) is 54.3 Å². The van der Waals surface area contributed by atoms with E-state index in [1.165, 1.54) is 10.6 Å². The highest BCUT2D eigenvalue weighted by Crippen LogP contribution is 2.12. The van der Waals surface area contributed by atoms with Crippen LogP contribution in [0.2, 0.25) is 0 Å². The Morgan fingerprint density at radius 1 is 1.37 bits per heavy atom. The number of carboxylic acid groups (broad SMARTS) is 1. The summed E-state index contributed by atoms with van der Waals surface area (Å²) in [6, 6.07) is 3.10. The molecule has 4 nitrogen and oxygen atoms in total. The molecule has 1 heterocycles. The number of carboxylic acids is 1. The van der Waals surface area contributed by atoms with E-state index in [0.717, 1.165) is 0 Å². The second kappa shape index (κ2) is 5.52. The number of aromatic nitrogens is 1. The molecule has 1 unspecified atom stereocenters. The predicted molar refractivity (Wildman–Crippen MR) is 71.9 cm³/mol. The molecule has 0 saturated carbocycles. The first-order valence-corrected chi connectivity index (χ1v) is 6.06. The van der Waals surface area contributed by atoms with Gasteiger partial charge in [-0.15, -0.1) is 0 Å². The molecule has 0 aromatic carbocycles. The van der Waals surface area contributed by atoms with Crippen molar-refractivity contribution in [3.05, 3.63) is 60.0 Å². The van der Waals surface area contributed by atoms with Crippen molar-refractivity contribution in [1.29, 1.82) is 0 Å². The smallest absolute Gasteiger partial charge is 0.352 e. The van der Waals surface area contributed by atoms with Crippen LogP contribution in [0, 0.1) is 5.92 Å². The standard InChI is InChI=1S/C15H15NO3/c1-11-4-2-5-12(8-7-11)14(17)10-16-9-3-6-13(16)15(18)19/h2-9,11H,10H2,1H3,(H,18,19). The minimum atomic E-state index is -1.03. The van der Waals surface area contributed by atoms with Gasteiger partial charge >= 0.3 is 5.97 Å². The molecule has 0 aliphatic heterocycles. The van der Waals surface area contributed by atoms with Crippen molar-refractivity contribution < 1.29 is 14.7 Å². The molecule has 1 aliphatic carbocycles. The van der Waals surface area contributed by atoms with Crippen LogP contribution >= 0.6 is 0 Å². The monoisotopic (exact) mass is 257 g/mol. The van der Waals surface area contributed by atoms with E-state index < -0.39 is 5.97 Å². The first kappa shape index (κ1) is 13.1. The highest BCUT2D eigenvalue weighted by molar-refractivity contribution is 5.98. The van der Waals surface area contributed by atoms with Crippen molar-refractivity contribution in [1.82, 2.24) is 4.57 Å². The van der Waals surface area contributed by atoms with E-state index in [2.05, 4.69) is 0 Å². The molecule has 4 heteroatoms. The quantitative estimate of drug-likeness (QED) is 0.901. The van der Waals surface area contributed by atoms with Crippen LogP contribution < -0.4 is 0 Å². The normalized spacial score (nSPS) is 17.9. The van der Waals surface area contributed by atoms with Crippen LogP contribution in [0.1, 0.15) is 17.4 Å². The lowest BCUT2D eigenvalue weighted by Gasteiger charge is -2.06. The Morgan fingerprint density at radius 3 is 2.89 bits per heavy atom. The largest absolute Gasteiger partial charge is 0.477 e. The van der Waals surface area contributed by atoms with Gasteiger partial charge in [0, 0.05) is 11.8 Å². The number of Topliss-reactive ketones (excluding diaryl/α,β-unsaturated/α-hetero) is 1. The van der Waals surface area contributed by atoms with Gasteiger partial charge in [-0.2, -0.15) is 0 Å². The topological polar surface area (TPSA) is 59.3 Å². The van der Waals surface area contributed by atoms with E-state index in [4.69, 9.17) is 5.11 Å². The van der Waals surface area contributed by atoms with Crippen LogP contribution in [0.4, 0.5) is 0 Å². The Labute approximate surface area is 111 Å². The Balaban J connectivity index is 2.16. The van der Waals surface area contributed by atoms with Crippen molar-refractivity contribution in [2.45, 2.75) is 13.5 Å². The van der Waals surface area contributed by atoms with Crippen LogP contribution in [-0.4, -0.2) is 21.4 Å². The number of nitrogens with zero attached hydrogens (tertiary/aromatic N) is 1. The summed E-state index contributed by atoms with van der Waals surface area (Å²) >= 11 is 0. The molecule has 0 radical (unpaired) electrons. The second-order valence-electron chi connectivity index (χ2n) is 4.47. The van der Waals surface area contributed by atoms with Crippen molar-refractivity contribution in [3.8, 4) is 0 Å². The number of hydrogen-bond acceptors (Lipinski definition) is 2. The van der Waals surface area contributed by atoms with Crippen LogP contribution in [0.5, 0.6) is 0 Å². The number of hydrogen-bond donors (Lipinski definition) is 1. The molecule has 19 heavy (non-hydrogen) atoms. The van der Waals surface area contributed by atoms with E-state index in [9.17, 15) is 9.59 Å². The van der Waals surface area contributed by atoms with E-state index in [0.29, 0.717) is 11.5 Å². The Kier molecular flexibility index (Phi) is 3.80. The molecule has 0 fully saturated rings. The Bertz CT molecular complexity index is 590. The van der Waals surface area contributed by atoms with Gasteiger partial charge in [-0.25, -0.2) is 4.79 Å². The molecule has 1 atom stereocenters. The lowest BCUT2D eigenvalue weighted by atomic mass is 10.1. The minimum Gasteiger partial charge on any atom is -0.477 e. The molecular weight excluding hydrogens is 242 g/mol. The summed E-state index contributed by atoms with van der Waals surface area (Å²) in [5, 5.41) is 8.99. The van der Waals surface area contributed by atoms with Gasteiger partial charge in [-0.05, 0) is 18.1 Å². The van der Waals surface area contributed by atoms with Gasteiger partial charge < -0.3 is 9.67 Å². The van der Waals surface area contributed by atoms with Gasteiger partial charge in [-0.3, -0.25) is 4.79 Å². The molecule has 0 bridgehead atoms. The summed E-state index contributed by atoms with van der Waals surface area (Å²) in [4.78, 5) is 23.1. The number of carbonyl (C=O) groups is 2. The van der Waals surface area contributed by atoms with Crippen molar-refractivity contribution in [2.75, 3.05) is 0 Å². The number of aromatic carboxylic acids is 1. The lowest BCUT2D eigenvalue weighted by Crippen LogP contribution is -2.15. The van der Waals surface area contributed by atoms with Gasteiger partial charge in [0.05, 0.1) is 6.54 Å². The number of ketones is 1. The zero-order chi connectivity index (χ0) is 13.8. The number of carbonyl (C=O) groups excluding carboxylic acids is 1.